The average molecular weight is 799 g/mol. The summed E-state index contributed by atoms with van der Waals surface area (Å²) in [5.41, 5.74) is 0. The molecular formula is C49H84NO7+. The third-order valence-electron chi connectivity index (χ3n) is 9.71. The first-order valence-corrected chi connectivity index (χ1v) is 22.5. The van der Waals surface area contributed by atoms with Gasteiger partial charge in [-0.1, -0.05) is 164 Å². The molecule has 0 radical (unpaired) electrons. The van der Waals surface area contributed by atoms with Crippen molar-refractivity contribution in [2.45, 2.75) is 180 Å². The Bertz CT molecular complexity index is 1160. The van der Waals surface area contributed by atoms with E-state index in [1.165, 1.54) is 51.4 Å². The number of nitrogens with zero attached hydrogens (tertiary/aromatic N) is 1. The van der Waals surface area contributed by atoms with E-state index in [4.69, 9.17) is 14.2 Å². The van der Waals surface area contributed by atoms with Crippen LogP contribution in [-0.2, 0) is 28.6 Å². The van der Waals surface area contributed by atoms with E-state index in [9.17, 15) is 19.5 Å². The molecule has 0 rings (SSSR count). The Labute approximate surface area is 349 Å². The maximum absolute atomic E-state index is 12.7. The number of aliphatic carboxylic acids is 1. The minimum atomic E-state index is -0.883. The molecule has 8 heteroatoms. The summed E-state index contributed by atoms with van der Waals surface area (Å²) in [4.78, 5) is 37.0. The summed E-state index contributed by atoms with van der Waals surface area (Å²) >= 11 is 0. The predicted molar refractivity (Wildman–Crippen MR) is 238 cm³/mol. The van der Waals surface area contributed by atoms with Crippen LogP contribution in [0.1, 0.15) is 168 Å². The summed E-state index contributed by atoms with van der Waals surface area (Å²) in [5.74, 6) is -1.52. The van der Waals surface area contributed by atoms with E-state index < -0.39 is 18.1 Å². The minimum Gasteiger partial charge on any atom is -0.477 e. The summed E-state index contributed by atoms with van der Waals surface area (Å²) in [5, 5.41) is 9.62. The molecule has 2 atom stereocenters. The number of quaternary nitrogens is 1. The quantitative estimate of drug-likeness (QED) is 0.0286. The van der Waals surface area contributed by atoms with Gasteiger partial charge in [-0.05, 0) is 57.8 Å². The Morgan fingerprint density at radius 2 is 0.982 bits per heavy atom. The Kier molecular flexibility index (Phi) is 37.3. The molecule has 0 aliphatic carbocycles. The molecule has 0 amide bonds. The van der Waals surface area contributed by atoms with E-state index in [1.54, 1.807) is 0 Å². The van der Waals surface area contributed by atoms with E-state index >= 15 is 0 Å². The van der Waals surface area contributed by atoms with Crippen LogP contribution in [0, 0.1) is 0 Å². The number of ether oxygens (including phenoxy) is 3. The van der Waals surface area contributed by atoms with Crippen LogP contribution in [0.2, 0.25) is 0 Å². The van der Waals surface area contributed by atoms with Crippen LogP contribution in [-0.4, -0.2) is 80.6 Å². The second kappa shape index (κ2) is 39.6. The summed E-state index contributed by atoms with van der Waals surface area (Å²) in [6, 6.07) is -0.623. The lowest BCUT2D eigenvalue weighted by atomic mass is 10.1. The molecule has 2 unspecified atom stereocenters. The first-order chi connectivity index (χ1) is 27.6. The molecule has 0 heterocycles. The number of rotatable bonds is 39. The zero-order valence-electron chi connectivity index (χ0n) is 37.0. The number of esters is 2. The molecule has 0 aliphatic heterocycles. The highest BCUT2D eigenvalue weighted by Gasteiger charge is 2.31. The second-order valence-electron chi connectivity index (χ2n) is 16.0. The maximum Gasteiger partial charge on any atom is 0.362 e. The largest absolute Gasteiger partial charge is 0.477 e. The molecule has 0 aromatic heterocycles. The van der Waals surface area contributed by atoms with Crippen LogP contribution in [0.5, 0.6) is 0 Å². The Balaban J connectivity index is 4.40. The number of hydrogen-bond acceptors (Lipinski definition) is 6. The van der Waals surface area contributed by atoms with Crippen LogP contribution in [0.15, 0.2) is 72.9 Å². The number of likely N-dealkylation sites (N-methyl/N-ethyl adjacent to an activating group) is 1. The van der Waals surface area contributed by atoms with Gasteiger partial charge in [0, 0.05) is 19.3 Å². The summed E-state index contributed by atoms with van der Waals surface area (Å²) in [6.07, 6.45) is 49.4. The van der Waals surface area contributed by atoms with E-state index in [0.29, 0.717) is 19.3 Å². The summed E-state index contributed by atoms with van der Waals surface area (Å²) < 4.78 is 17.3. The van der Waals surface area contributed by atoms with Gasteiger partial charge in [-0.2, -0.15) is 0 Å². The smallest absolute Gasteiger partial charge is 0.362 e. The highest BCUT2D eigenvalue weighted by atomic mass is 16.6. The number of carboxylic acids is 1. The number of carboxylic acid groups (broad SMARTS) is 1. The number of carbonyl (C=O) groups is 3. The lowest BCUT2D eigenvalue weighted by Gasteiger charge is -2.31. The molecule has 0 bridgehead atoms. The molecule has 57 heavy (non-hydrogen) atoms. The maximum atomic E-state index is 12.7. The van der Waals surface area contributed by atoms with Crippen molar-refractivity contribution in [2.24, 2.45) is 0 Å². The SMILES string of the molecule is CC/C=C/C=C/C=C/CCCCCCCCCC(=O)OC(COCCC(C(=O)O)[N+](C)(C)C)COC(=O)CCCCCCC/C=C/C=C/C=C/CCCCCCC. The molecule has 0 saturated heterocycles. The van der Waals surface area contributed by atoms with Crippen molar-refractivity contribution >= 4 is 17.9 Å². The fourth-order valence-corrected chi connectivity index (χ4v) is 6.21. The van der Waals surface area contributed by atoms with E-state index in [0.717, 1.165) is 83.5 Å². The van der Waals surface area contributed by atoms with Crippen molar-refractivity contribution in [1.29, 1.82) is 0 Å². The van der Waals surface area contributed by atoms with Crippen LogP contribution in [0.25, 0.3) is 0 Å². The highest BCUT2D eigenvalue weighted by Crippen LogP contribution is 2.13. The van der Waals surface area contributed by atoms with Crippen molar-refractivity contribution in [2.75, 3.05) is 41.0 Å². The van der Waals surface area contributed by atoms with Crippen molar-refractivity contribution in [3.05, 3.63) is 72.9 Å². The monoisotopic (exact) mass is 799 g/mol. The molecule has 0 saturated carbocycles. The number of hydrogen-bond donors (Lipinski definition) is 1. The first-order valence-electron chi connectivity index (χ1n) is 22.5. The molecule has 326 valence electrons. The van der Waals surface area contributed by atoms with Gasteiger partial charge in [-0.25, -0.2) is 4.79 Å². The van der Waals surface area contributed by atoms with Gasteiger partial charge in [-0.15, -0.1) is 0 Å². The third kappa shape index (κ3) is 38.1. The fraction of sp³-hybridized carbons (Fsp3) is 0.694. The second-order valence-corrected chi connectivity index (χ2v) is 16.0. The molecular weight excluding hydrogens is 715 g/mol. The molecule has 8 nitrogen and oxygen atoms in total. The minimum absolute atomic E-state index is 0.0456. The average Bonchev–Trinajstić information content (AvgIpc) is 3.17. The van der Waals surface area contributed by atoms with Gasteiger partial charge < -0.3 is 23.8 Å². The predicted octanol–water partition coefficient (Wildman–Crippen LogP) is 12.4. The van der Waals surface area contributed by atoms with Crippen molar-refractivity contribution in [3.8, 4) is 0 Å². The summed E-state index contributed by atoms with van der Waals surface area (Å²) in [7, 11) is 5.51. The standard InChI is InChI=1S/C49H83NO7/c1-6-8-10-12-14-16-18-20-22-23-24-26-27-29-31-33-35-37-39-47(51)56-44-45(43-55-42-41-46(49(53)54)50(3,4)5)57-48(52)40-38-36-34-32-30-28-25-21-19-17-15-13-11-9-7-2/h9,11,13,15,17-20,22-24,26,45-46H,6-8,10,12,14,16,21,25,27-44H2,1-5H3/p+1/b11-9+,15-13+,19-17+,20-18+,23-22+,26-24+. The van der Waals surface area contributed by atoms with Crippen molar-refractivity contribution in [1.82, 2.24) is 0 Å². The van der Waals surface area contributed by atoms with Gasteiger partial charge in [0.2, 0.25) is 0 Å². The van der Waals surface area contributed by atoms with Gasteiger partial charge >= 0.3 is 17.9 Å². The molecule has 0 fully saturated rings. The van der Waals surface area contributed by atoms with Crippen molar-refractivity contribution < 1.29 is 38.2 Å². The number of unbranched alkanes of at least 4 members (excludes halogenated alkanes) is 17. The van der Waals surface area contributed by atoms with E-state index in [1.807, 2.05) is 21.1 Å². The van der Waals surface area contributed by atoms with Gasteiger partial charge in [0.15, 0.2) is 12.1 Å². The van der Waals surface area contributed by atoms with Gasteiger partial charge in [0.1, 0.15) is 6.61 Å². The molecule has 0 aromatic rings. The highest BCUT2D eigenvalue weighted by molar-refractivity contribution is 5.72. The summed E-state index contributed by atoms with van der Waals surface area (Å²) in [6.45, 7) is 4.54. The lowest BCUT2D eigenvalue weighted by molar-refractivity contribution is -0.887. The van der Waals surface area contributed by atoms with Gasteiger partial charge in [-0.3, -0.25) is 9.59 Å². The van der Waals surface area contributed by atoms with Crippen LogP contribution in [0.3, 0.4) is 0 Å². The van der Waals surface area contributed by atoms with Crippen LogP contribution >= 0.6 is 0 Å². The third-order valence-corrected chi connectivity index (χ3v) is 9.71. The topological polar surface area (TPSA) is 99.1 Å². The van der Waals surface area contributed by atoms with Gasteiger partial charge in [0.05, 0.1) is 34.4 Å². The van der Waals surface area contributed by atoms with E-state index in [2.05, 4.69) is 86.8 Å². The normalized spacial score (nSPS) is 13.6. The molecule has 1 N–H and O–H groups in total. The van der Waals surface area contributed by atoms with E-state index in [-0.39, 0.29) is 36.2 Å². The van der Waals surface area contributed by atoms with Crippen molar-refractivity contribution in [3.63, 3.8) is 0 Å². The lowest BCUT2D eigenvalue weighted by Crippen LogP contribution is -2.50. The zero-order chi connectivity index (χ0) is 42.1. The Morgan fingerprint density at radius 3 is 1.44 bits per heavy atom. The Morgan fingerprint density at radius 1 is 0.544 bits per heavy atom. The molecule has 0 aliphatic rings. The Hall–Kier alpha value is -3.23. The fourth-order valence-electron chi connectivity index (χ4n) is 6.21. The van der Waals surface area contributed by atoms with Gasteiger partial charge in [0.25, 0.3) is 0 Å². The number of carbonyl (C=O) groups excluding carboxylic acids is 2. The first kappa shape index (κ1) is 53.8. The zero-order valence-corrected chi connectivity index (χ0v) is 37.0. The van der Waals surface area contributed by atoms with Crippen LogP contribution in [0.4, 0.5) is 0 Å². The van der Waals surface area contributed by atoms with Crippen LogP contribution < -0.4 is 0 Å². The molecule has 0 spiro atoms. The molecule has 0 aromatic carbocycles. The number of allylic oxidation sites excluding steroid dienone is 12.